The molecule has 2 unspecified atom stereocenters. The number of nitrogens with zero attached hydrogens (tertiary/aromatic N) is 3. The standard InChI is InChI=1S/C12H16N4O2S/c1-9(13)12(10-3-5-14-6-4-10)16-8-11(7-15-16)19(2,17)18/h3-9,12H,13H2,1-2H3. The zero-order chi connectivity index (χ0) is 14.0. The van der Waals surface area contributed by atoms with Crippen LogP contribution in [0.5, 0.6) is 0 Å². The van der Waals surface area contributed by atoms with Gasteiger partial charge >= 0.3 is 0 Å². The fraction of sp³-hybridized carbons (Fsp3) is 0.333. The lowest BCUT2D eigenvalue weighted by atomic mass is 10.0. The van der Waals surface area contributed by atoms with Crippen LogP contribution in [-0.2, 0) is 9.84 Å². The molecule has 0 saturated carbocycles. The Hall–Kier alpha value is -1.73. The van der Waals surface area contributed by atoms with Crippen LogP contribution in [0.4, 0.5) is 0 Å². The molecular formula is C12H16N4O2S. The number of aromatic nitrogens is 3. The van der Waals surface area contributed by atoms with E-state index in [2.05, 4.69) is 10.1 Å². The summed E-state index contributed by atoms with van der Waals surface area (Å²) < 4.78 is 24.5. The number of hydrogen-bond donors (Lipinski definition) is 1. The number of rotatable bonds is 4. The van der Waals surface area contributed by atoms with E-state index >= 15 is 0 Å². The van der Waals surface area contributed by atoms with Crippen molar-refractivity contribution in [3.05, 3.63) is 42.5 Å². The molecule has 0 bridgehead atoms. The third kappa shape index (κ3) is 2.99. The monoisotopic (exact) mass is 280 g/mol. The maximum atomic E-state index is 11.5. The van der Waals surface area contributed by atoms with Gasteiger partial charge in [0.25, 0.3) is 0 Å². The molecule has 0 aliphatic carbocycles. The summed E-state index contributed by atoms with van der Waals surface area (Å²) in [4.78, 5) is 4.15. The van der Waals surface area contributed by atoms with Crippen molar-refractivity contribution in [1.29, 1.82) is 0 Å². The van der Waals surface area contributed by atoms with E-state index < -0.39 is 9.84 Å². The first-order chi connectivity index (χ1) is 8.89. The van der Waals surface area contributed by atoms with Gasteiger partial charge in [0.05, 0.1) is 12.2 Å². The molecule has 0 aliphatic heterocycles. The van der Waals surface area contributed by atoms with Crippen LogP contribution in [-0.4, -0.2) is 35.5 Å². The molecule has 2 atom stereocenters. The van der Waals surface area contributed by atoms with E-state index in [0.29, 0.717) is 0 Å². The van der Waals surface area contributed by atoms with E-state index in [4.69, 9.17) is 5.73 Å². The molecule has 0 spiro atoms. The van der Waals surface area contributed by atoms with E-state index in [1.54, 1.807) is 17.1 Å². The summed E-state index contributed by atoms with van der Waals surface area (Å²) >= 11 is 0. The van der Waals surface area contributed by atoms with Crippen LogP contribution in [0.25, 0.3) is 0 Å². The van der Waals surface area contributed by atoms with Crippen molar-refractivity contribution in [2.75, 3.05) is 6.26 Å². The van der Waals surface area contributed by atoms with Crippen LogP contribution in [0, 0.1) is 0 Å². The van der Waals surface area contributed by atoms with Crippen molar-refractivity contribution in [3.8, 4) is 0 Å². The molecule has 2 N–H and O–H groups in total. The van der Waals surface area contributed by atoms with Crippen molar-refractivity contribution >= 4 is 9.84 Å². The molecule has 19 heavy (non-hydrogen) atoms. The Morgan fingerprint density at radius 1 is 1.32 bits per heavy atom. The number of sulfone groups is 1. The average Bonchev–Trinajstić information content (AvgIpc) is 2.79. The highest BCUT2D eigenvalue weighted by atomic mass is 32.2. The average molecular weight is 280 g/mol. The highest BCUT2D eigenvalue weighted by Gasteiger charge is 2.21. The molecule has 2 aromatic rings. The largest absolute Gasteiger partial charge is 0.326 e. The van der Waals surface area contributed by atoms with E-state index in [0.717, 1.165) is 11.8 Å². The molecule has 6 nitrogen and oxygen atoms in total. The summed E-state index contributed by atoms with van der Waals surface area (Å²) in [5, 5.41) is 4.12. The summed E-state index contributed by atoms with van der Waals surface area (Å²) in [6.07, 6.45) is 7.34. The molecule has 0 fully saturated rings. The van der Waals surface area contributed by atoms with Gasteiger partial charge in [-0.2, -0.15) is 5.10 Å². The van der Waals surface area contributed by atoms with Crippen molar-refractivity contribution in [2.24, 2.45) is 5.73 Å². The minimum Gasteiger partial charge on any atom is -0.326 e. The Morgan fingerprint density at radius 2 is 1.95 bits per heavy atom. The Labute approximate surface area is 112 Å². The minimum absolute atomic E-state index is 0.187. The zero-order valence-electron chi connectivity index (χ0n) is 10.8. The fourth-order valence-electron chi connectivity index (χ4n) is 1.92. The topological polar surface area (TPSA) is 90.9 Å². The van der Waals surface area contributed by atoms with Crippen LogP contribution in [0.15, 0.2) is 41.8 Å². The van der Waals surface area contributed by atoms with Gasteiger partial charge in [-0.3, -0.25) is 9.67 Å². The first-order valence-electron chi connectivity index (χ1n) is 5.79. The van der Waals surface area contributed by atoms with E-state index in [9.17, 15) is 8.42 Å². The van der Waals surface area contributed by atoms with Gasteiger partial charge in [0.15, 0.2) is 9.84 Å². The lowest BCUT2D eigenvalue weighted by molar-refractivity contribution is 0.453. The highest BCUT2D eigenvalue weighted by molar-refractivity contribution is 7.90. The summed E-state index contributed by atoms with van der Waals surface area (Å²) in [5.74, 6) is 0. The van der Waals surface area contributed by atoms with Crippen LogP contribution in [0.2, 0.25) is 0 Å². The molecule has 0 saturated heterocycles. The normalized spacial score (nSPS) is 15.1. The third-order valence-electron chi connectivity index (χ3n) is 2.84. The molecule has 0 aliphatic rings. The first-order valence-corrected chi connectivity index (χ1v) is 7.68. The predicted molar refractivity (Wildman–Crippen MR) is 71.4 cm³/mol. The number of pyridine rings is 1. The van der Waals surface area contributed by atoms with Gasteiger partial charge in [0.1, 0.15) is 4.90 Å². The Balaban J connectivity index is 2.44. The van der Waals surface area contributed by atoms with E-state index in [1.165, 1.54) is 12.4 Å². The molecule has 2 aromatic heterocycles. The maximum absolute atomic E-state index is 11.5. The third-order valence-corrected chi connectivity index (χ3v) is 3.90. The fourth-order valence-corrected chi connectivity index (χ4v) is 2.46. The van der Waals surface area contributed by atoms with Crippen LogP contribution < -0.4 is 5.73 Å². The first kappa shape index (κ1) is 13.7. The molecule has 102 valence electrons. The second kappa shape index (κ2) is 5.10. The second-order valence-electron chi connectivity index (χ2n) is 4.51. The number of nitrogens with two attached hydrogens (primary N) is 1. The maximum Gasteiger partial charge on any atom is 0.178 e. The lowest BCUT2D eigenvalue weighted by Crippen LogP contribution is -2.30. The molecule has 2 rings (SSSR count). The second-order valence-corrected chi connectivity index (χ2v) is 6.53. The minimum atomic E-state index is -3.26. The van der Waals surface area contributed by atoms with Crippen molar-refractivity contribution < 1.29 is 8.42 Å². The Kier molecular flexibility index (Phi) is 3.68. The Bertz CT molecular complexity index is 649. The van der Waals surface area contributed by atoms with Crippen LogP contribution in [0.3, 0.4) is 0 Å². The molecule has 0 amide bonds. The van der Waals surface area contributed by atoms with Gasteiger partial charge in [-0.15, -0.1) is 0 Å². The molecular weight excluding hydrogens is 264 g/mol. The lowest BCUT2D eigenvalue weighted by Gasteiger charge is -2.21. The SMILES string of the molecule is CC(N)C(c1ccncc1)n1cc(S(C)(=O)=O)cn1. The molecule has 0 radical (unpaired) electrons. The van der Waals surface area contributed by atoms with Crippen LogP contribution in [0.1, 0.15) is 18.5 Å². The van der Waals surface area contributed by atoms with E-state index in [-0.39, 0.29) is 17.0 Å². The van der Waals surface area contributed by atoms with Crippen molar-refractivity contribution in [1.82, 2.24) is 14.8 Å². The summed E-state index contributed by atoms with van der Waals surface area (Å²) in [5.41, 5.74) is 6.93. The van der Waals surface area contributed by atoms with Crippen LogP contribution >= 0.6 is 0 Å². The zero-order valence-corrected chi connectivity index (χ0v) is 11.6. The quantitative estimate of drug-likeness (QED) is 0.886. The van der Waals surface area contributed by atoms with Gasteiger partial charge in [0.2, 0.25) is 0 Å². The molecule has 2 heterocycles. The smallest absolute Gasteiger partial charge is 0.178 e. The summed E-state index contributed by atoms with van der Waals surface area (Å²) in [7, 11) is -3.26. The summed E-state index contributed by atoms with van der Waals surface area (Å²) in [6.45, 7) is 1.85. The van der Waals surface area contributed by atoms with Crippen molar-refractivity contribution in [2.45, 2.75) is 23.9 Å². The summed E-state index contributed by atoms with van der Waals surface area (Å²) in [6, 6.07) is 3.25. The van der Waals surface area contributed by atoms with Gasteiger partial charge in [-0.25, -0.2) is 8.42 Å². The van der Waals surface area contributed by atoms with Gasteiger partial charge in [-0.1, -0.05) is 0 Å². The van der Waals surface area contributed by atoms with Crippen molar-refractivity contribution in [3.63, 3.8) is 0 Å². The molecule has 0 aromatic carbocycles. The van der Waals surface area contributed by atoms with Gasteiger partial charge < -0.3 is 5.73 Å². The predicted octanol–water partition coefficient (Wildman–Crippen LogP) is 0.618. The van der Waals surface area contributed by atoms with E-state index in [1.807, 2.05) is 19.1 Å². The number of hydrogen-bond acceptors (Lipinski definition) is 5. The molecule has 7 heteroatoms. The highest BCUT2D eigenvalue weighted by Crippen LogP contribution is 2.21. The Morgan fingerprint density at radius 3 is 2.42 bits per heavy atom. The van der Waals surface area contributed by atoms with Gasteiger partial charge in [-0.05, 0) is 24.6 Å². The van der Waals surface area contributed by atoms with Gasteiger partial charge in [0, 0.05) is 30.9 Å².